The van der Waals surface area contributed by atoms with Crippen LogP contribution in [-0.2, 0) is 27.8 Å². The third-order valence-electron chi connectivity index (χ3n) is 8.03. The maximum atomic E-state index is 12.7. The molecule has 4 unspecified atom stereocenters. The monoisotopic (exact) mass is 855 g/mol. The van der Waals surface area contributed by atoms with Crippen LogP contribution in [0.1, 0.15) is 97.3 Å². The topological polar surface area (TPSA) is 156 Å². The number of allylic oxidation sites excluding steroid dienone is 1. The minimum atomic E-state index is -1.26. The van der Waals surface area contributed by atoms with Gasteiger partial charge in [0.25, 0.3) is 5.91 Å². The molecular weight excluding hydrogens is 807 g/mol. The van der Waals surface area contributed by atoms with Crippen molar-refractivity contribution < 1.29 is 48.4 Å². The van der Waals surface area contributed by atoms with Gasteiger partial charge >= 0.3 is 0 Å². The zero-order valence-corrected chi connectivity index (χ0v) is 35.7. The van der Waals surface area contributed by atoms with Crippen molar-refractivity contribution in [2.45, 2.75) is 134 Å². The molecule has 62 heavy (non-hydrogen) atoms. The molecule has 1 aliphatic rings. The summed E-state index contributed by atoms with van der Waals surface area (Å²) in [7, 11) is 0. The predicted molar refractivity (Wildman–Crippen MR) is 237 cm³/mol. The highest BCUT2D eigenvalue weighted by Gasteiger charge is 2.39. The molecule has 0 aliphatic carbocycles. The van der Waals surface area contributed by atoms with E-state index in [0.717, 1.165) is 25.7 Å². The number of ether oxygens (including phenoxy) is 2. The highest BCUT2D eigenvalue weighted by molar-refractivity contribution is 7.89. The zero-order valence-electron chi connectivity index (χ0n) is 34.9. The molecule has 6 atom stereocenters. The van der Waals surface area contributed by atoms with Gasteiger partial charge in [0.2, 0.25) is 0 Å². The fraction of sp³-hybridized carbons (Fsp3) is 0.460. The standard InChI is InChI=1S/C50H49NO10S/c1-3-5-7-9-11-13-15-17-18-19-20-21-22-23-24-25-26-28-30-32-34-36-38-40-48(54)51-44(43-57-49-41-46(59-62-61-60-56)50(55)47(42-52)58-49)45(53)39-37-35-33-31-29-27-16-14-12-10-8-6-4-2/h37,39,44-47,49-50,52-53,55-56H,4,6,8,10,12,14,16,27,29,31,33,35,41-43H2,1-2H3,(H,51,54)/b39-37+/t44-,45+,46?,47?,49?,50?/m0/s1. The number of carbonyl (C=O) groups is 1. The number of aliphatic hydroxyl groups excluding tert-OH is 3. The molecule has 0 aromatic carbocycles. The van der Waals surface area contributed by atoms with Gasteiger partial charge in [0, 0.05) is 47.9 Å². The van der Waals surface area contributed by atoms with E-state index in [0.29, 0.717) is 0 Å². The van der Waals surface area contributed by atoms with Crippen LogP contribution in [-0.4, -0.2) is 76.4 Å². The van der Waals surface area contributed by atoms with Gasteiger partial charge in [-0.2, -0.15) is 0 Å². The molecule has 0 saturated carbocycles. The Morgan fingerprint density at radius 1 is 0.742 bits per heavy atom. The lowest BCUT2D eigenvalue weighted by molar-refractivity contribution is -0.434. The highest BCUT2D eigenvalue weighted by Crippen LogP contribution is 2.27. The molecule has 1 fully saturated rings. The molecule has 1 aliphatic heterocycles. The molecule has 0 aromatic rings. The molecule has 1 heterocycles. The number of carbonyl (C=O) groups excluding carboxylic acids is 1. The Kier molecular flexibility index (Phi) is 35.1. The van der Waals surface area contributed by atoms with Crippen molar-refractivity contribution in [3.05, 3.63) is 12.2 Å². The quantitative estimate of drug-likeness (QED) is 0.0253. The number of hydrogen-bond donors (Lipinski definition) is 5. The Hall–Kier alpha value is -6.08. The number of nitrogens with one attached hydrogen (secondary N) is 1. The van der Waals surface area contributed by atoms with Crippen molar-refractivity contribution in [2.24, 2.45) is 0 Å². The third-order valence-corrected chi connectivity index (χ3v) is 8.47. The molecule has 0 aromatic heterocycles. The molecule has 12 heteroatoms. The van der Waals surface area contributed by atoms with Crippen LogP contribution in [0.25, 0.3) is 0 Å². The smallest absolute Gasteiger partial charge is 0.297 e. The summed E-state index contributed by atoms with van der Waals surface area (Å²) < 4.78 is 21.0. The summed E-state index contributed by atoms with van der Waals surface area (Å²) in [5.41, 5.74) is 0. The van der Waals surface area contributed by atoms with Crippen LogP contribution >= 0.6 is 12.3 Å². The van der Waals surface area contributed by atoms with Gasteiger partial charge in [-0.3, -0.25) is 8.98 Å². The van der Waals surface area contributed by atoms with Crippen molar-refractivity contribution >= 4 is 18.2 Å². The van der Waals surface area contributed by atoms with Gasteiger partial charge < -0.3 is 30.1 Å². The second-order valence-corrected chi connectivity index (χ2v) is 13.1. The Balaban J connectivity index is 2.77. The summed E-state index contributed by atoms with van der Waals surface area (Å²) in [6.45, 7) is 3.11. The van der Waals surface area contributed by atoms with Crippen molar-refractivity contribution in [1.82, 2.24) is 5.32 Å². The molecule has 11 nitrogen and oxygen atoms in total. The summed E-state index contributed by atoms with van der Waals surface area (Å²) in [6.07, 6.45) is 12.2. The second-order valence-electron chi connectivity index (χ2n) is 12.6. The minimum Gasteiger partial charge on any atom is -0.394 e. The van der Waals surface area contributed by atoms with E-state index in [1.165, 1.54) is 51.4 Å². The van der Waals surface area contributed by atoms with Crippen molar-refractivity contribution in [3.63, 3.8) is 0 Å². The van der Waals surface area contributed by atoms with Crippen LogP contribution in [0.4, 0.5) is 0 Å². The molecule has 0 bridgehead atoms. The van der Waals surface area contributed by atoms with E-state index in [1.807, 2.05) is 6.08 Å². The summed E-state index contributed by atoms with van der Waals surface area (Å²) in [6, 6.07) is -0.966. The third kappa shape index (κ3) is 30.9. The first-order chi connectivity index (χ1) is 30.5. The number of rotatable bonds is 23. The number of hydrogen-bond acceptors (Lipinski definition) is 11. The van der Waals surface area contributed by atoms with Crippen LogP contribution in [0.3, 0.4) is 0 Å². The van der Waals surface area contributed by atoms with Crippen LogP contribution < -0.4 is 5.32 Å². The predicted octanol–water partition coefficient (Wildman–Crippen LogP) is 4.00. The Morgan fingerprint density at radius 2 is 1.21 bits per heavy atom. The lowest BCUT2D eigenvalue weighted by atomic mass is 10.0. The number of aliphatic hydroxyl groups is 3. The Labute approximate surface area is 372 Å². The first-order valence-corrected chi connectivity index (χ1v) is 20.6. The van der Waals surface area contributed by atoms with E-state index in [2.05, 4.69) is 164 Å². The molecule has 1 saturated heterocycles. The van der Waals surface area contributed by atoms with Crippen LogP contribution in [0.5, 0.6) is 0 Å². The number of unbranched alkanes of at least 4 members (excludes halogenated alkanes) is 11. The Bertz CT molecular complexity index is 2200. The van der Waals surface area contributed by atoms with E-state index in [4.69, 9.17) is 18.9 Å². The van der Waals surface area contributed by atoms with Gasteiger partial charge in [0.1, 0.15) is 18.3 Å². The summed E-state index contributed by atoms with van der Waals surface area (Å²) >= 11 is 0.264. The van der Waals surface area contributed by atoms with Crippen LogP contribution in [0, 0.1) is 142 Å². The van der Waals surface area contributed by atoms with E-state index in [-0.39, 0.29) is 25.4 Å². The van der Waals surface area contributed by atoms with E-state index >= 15 is 0 Å². The normalized spacial score (nSPS) is 16.0. The average molecular weight is 856 g/mol. The lowest BCUT2D eigenvalue weighted by Crippen LogP contribution is -2.52. The molecule has 5 N–H and O–H groups in total. The molecule has 320 valence electrons. The zero-order chi connectivity index (χ0) is 45.0. The Morgan fingerprint density at radius 3 is 1.68 bits per heavy atom. The van der Waals surface area contributed by atoms with E-state index < -0.39 is 49.3 Å². The fourth-order valence-electron chi connectivity index (χ4n) is 5.05. The van der Waals surface area contributed by atoms with Gasteiger partial charge in [-0.1, -0.05) is 94.2 Å². The first-order valence-electron chi connectivity index (χ1n) is 19.9. The average Bonchev–Trinajstić information content (AvgIpc) is 3.27. The van der Waals surface area contributed by atoms with E-state index in [1.54, 1.807) is 13.0 Å². The van der Waals surface area contributed by atoms with Gasteiger partial charge in [-0.25, -0.2) is 5.26 Å². The lowest BCUT2D eigenvalue weighted by Gasteiger charge is -2.38. The summed E-state index contributed by atoms with van der Waals surface area (Å²) in [4.78, 5) is 12.7. The second kappa shape index (κ2) is 40.3. The number of amides is 1. The molecule has 0 spiro atoms. The minimum absolute atomic E-state index is 0.0276. The van der Waals surface area contributed by atoms with Crippen molar-refractivity contribution in [3.8, 4) is 142 Å². The highest BCUT2D eigenvalue weighted by atomic mass is 32.2. The van der Waals surface area contributed by atoms with E-state index in [9.17, 15) is 20.1 Å². The fourth-order valence-corrected chi connectivity index (χ4v) is 5.40. The molecule has 1 rings (SSSR count). The summed E-state index contributed by atoms with van der Waals surface area (Å²) in [5.74, 6) is 59.0. The van der Waals surface area contributed by atoms with Gasteiger partial charge in [-0.05, 0) is 114 Å². The maximum Gasteiger partial charge on any atom is 0.297 e. The first kappa shape index (κ1) is 53.9. The SMILES string of the molecule is CC#CC#CC#CC#CC#CC#CC#CC#CC#CC#CC#CC#CC(=O)N[C@@H](COC1CC(OSOOO)C(O)C(CO)O1)[C@H](O)/C=C/CCCCCCCCCCCCC. The van der Waals surface area contributed by atoms with Crippen LogP contribution in [0.2, 0.25) is 0 Å². The summed E-state index contributed by atoms with van der Waals surface area (Å²) in [5, 5.41) is 45.6. The van der Waals surface area contributed by atoms with Gasteiger partial charge in [0.15, 0.2) is 18.6 Å². The van der Waals surface area contributed by atoms with Crippen molar-refractivity contribution in [1.29, 1.82) is 0 Å². The maximum absolute atomic E-state index is 12.7. The van der Waals surface area contributed by atoms with Crippen molar-refractivity contribution in [2.75, 3.05) is 13.2 Å². The van der Waals surface area contributed by atoms with Crippen LogP contribution in [0.15, 0.2) is 12.2 Å². The largest absolute Gasteiger partial charge is 0.394 e. The van der Waals surface area contributed by atoms with Gasteiger partial charge in [0.05, 0.1) is 25.4 Å². The van der Waals surface area contributed by atoms with Gasteiger partial charge in [-0.15, -0.1) is 4.33 Å². The molecule has 0 radical (unpaired) electrons. The molecule has 1 amide bonds. The molecular formula is C50H49NO10S.